The van der Waals surface area contributed by atoms with Crippen molar-refractivity contribution in [2.24, 2.45) is 12.8 Å². The van der Waals surface area contributed by atoms with Gasteiger partial charge < -0.3 is 15.2 Å². The molecule has 1 aromatic carbocycles. The average molecular weight is 296 g/mol. The van der Waals surface area contributed by atoms with E-state index in [1.807, 2.05) is 25.1 Å². The lowest BCUT2D eigenvalue weighted by atomic mass is 10.2. The molecule has 0 aliphatic rings. The number of methoxy groups -OCH3 is 1. The summed E-state index contributed by atoms with van der Waals surface area (Å²) >= 11 is 6.18. The van der Waals surface area contributed by atoms with E-state index < -0.39 is 0 Å². The van der Waals surface area contributed by atoms with Crippen LogP contribution in [0, 0.1) is 6.92 Å². The molecule has 0 atom stereocenters. The Morgan fingerprint density at radius 2 is 2.15 bits per heavy atom. The minimum Gasteiger partial charge on any atom is -0.497 e. The van der Waals surface area contributed by atoms with Crippen LogP contribution in [0.15, 0.2) is 18.2 Å². The third kappa shape index (κ3) is 2.89. The van der Waals surface area contributed by atoms with Gasteiger partial charge in [0.2, 0.25) is 0 Å². The van der Waals surface area contributed by atoms with Crippen LogP contribution in [0.25, 0.3) is 0 Å². The topological polar surface area (TPSA) is 62.3 Å². The zero-order valence-corrected chi connectivity index (χ0v) is 12.6. The lowest BCUT2D eigenvalue weighted by Crippen LogP contribution is -2.04. The molecule has 0 aliphatic heterocycles. The van der Waals surface area contributed by atoms with Crippen molar-refractivity contribution in [2.75, 3.05) is 7.11 Å². The van der Waals surface area contributed by atoms with E-state index in [-0.39, 0.29) is 0 Å². The van der Waals surface area contributed by atoms with Crippen LogP contribution in [0.2, 0.25) is 5.15 Å². The van der Waals surface area contributed by atoms with E-state index in [1.165, 1.54) is 0 Å². The van der Waals surface area contributed by atoms with E-state index in [1.54, 1.807) is 18.8 Å². The van der Waals surface area contributed by atoms with Crippen LogP contribution in [0.4, 0.5) is 0 Å². The molecule has 2 rings (SSSR count). The molecule has 0 amide bonds. The van der Waals surface area contributed by atoms with E-state index in [9.17, 15) is 0 Å². The Bertz CT molecular complexity index is 611. The molecule has 5 nitrogen and oxygen atoms in total. The van der Waals surface area contributed by atoms with Crippen molar-refractivity contribution >= 4 is 11.6 Å². The standard InChI is InChI=1S/C14H18ClN3O2/c1-9-12(14(15)18(2)17-9)8-20-13-6-11(19-3)5-4-10(13)7-16/h4-6H,7-8,16H2,1-3H3. The van der Waals surface area contributed by atoms with Gasteiger partial charge >= 0.3 is 0 Å². The molecule has 6 heteroatoms. The maximum Gasteiger partial charge on any atom is 0.133 e. The van der Waals surface area contributed by atoms with Crippen LogP contribution >= 0.6 is 11.6 Å². The Labute approximate surface area is 123 Å². The van der Waals surface area contributed by atoms with Crippen molar-refractivity contribution in [2.45, 2.75) is 20.1 Å². The van der Waals surface area contributed by atoms with Crippen molar-refractivity contribution < 1.29 is 9.47 Å². The maximum absolute atomic E-state index is 6.18. The van der Waals surface area contributed by atoms with Crippen LogP contribution in [0.3, 0.4) is 0 Å². The summed E-state index contributed by atoms with van der Waals surface area (Å²) in [5.74, 6) is 1.43. The van der Waals surface area contributed by atoms with Crippen LogP contribution in [-0.4, -0.2) is 16.9 Å². The number of halogens is 1. The molecule has 0 saturated carbocycles. The molecule has 0 aliphatic carbocycles. The summed E-state index contributed by atoms with van der Waals surface area (Å²) in [6, 6.07) is 5.57. The summed E-state index contributed by atoms with van der Waals surface area (Å²) in [6.45, 7) is 2.65. The van der Waals surface area contributed by atoms with Gasteiger partial charge in [-0.3, -0.25) is 4.68 Å². The van der Waals surface area contributed by atoms with Gasteiger partial charge in [-0.1, -0.05) is 17.7 Å². The molecule has 1 aromatic heterocycles. The normalized spacial score (nSPS) is 10.7. The second-order valence-corrected chi connectivity index (χ2v) is 4.80. The van der Waals surface area contributed by atoms with Gasteiger partial charge in [-0.25, -0.2) is 0 Å². The van der Waals surface area contributed by atoms with Crippen LogP contribution in [0.5, 0.6) is 11.5 Å². The Balaban J connectivity index is 2.21. The number of aryl methyl sites for hydroxylation is 2. The number of rotatable bonds is 5. The first-order chi connectivity index (χ1) is 9.56. The third-order valence-corrected chi connectivity index (χ3v) is 3.61. The van der Waals surface area contributed by atoms with Gasteiger partial charge in [0.05, 0.1) is 12.8 Å². The molecule has 0 spiro atoms. The minimum absolute atomic E-state index is 0.346. The number of hydrogen-bond donors (Lipinski definition) is 1. The van der Waals surface area contributed by atoms with Gasteiger partial charge in [0.25, 0.3) is 0 Å². The molecule has 1 heterocycles. The fourth-order valence-electron chi connectivity index (χ4n) is 1.95. The highest BCUT2D eigenvalue weighted by Gasteiger charge is 2.13. The van der Waals surface area contributed by atoms with Crippen molar-refractivity contribution in [3.8, 4) is 11.5 Å². The van der Waals surface area contributed by atoms with Crippen molar-refractivity contribution in [1.29, 1.82) is 0 Å². The minimum atomic E-state index is 0.346. The molecular weight excluding hydrogens is 278 g/mol. The van der Waals surface area contributed by atoms with Gasteiger partial charge in [0.1, 0.15) is 23.3 Å². The molecule has 2 N–H and O–H groups in total. The molecule has 0 saturated heterocycles. The molecule has 0 bridgehead atoms. The molecule has 20 heavy (non-hydrogen) atoms. The first-order valence-electron chi connectivity index (χ1n) is 6.24. The van der Waals surface area contributed by atoms with Crippen LogP contribution in [0.1, 0.15) is 16.8 Å². The zero-order chi connectivity index (χ0) is 14.7. The largest absolute Gasteiger partial charge is 0.497 e. The number of benzene rings is 1. The second kappa shape index (κ2) is 6.15. The molecule has 0 fully saturated rings. The second-order valence-electron chi connectivity index (χ2n) is 4.44. The quantitative estimate of drug-likeness (QED) is 0.920. The Morgan fingerprint density at radius 3 is 2.70 bits per heavy atom. The van der Waals surface area contributed by atoms with E-state index in [4.69, 9.17) is 26.8 Å². The van der Waals surface area contributed by atoms with Crippen LogP contribution < -0.4 is 15.2 Å². The molecule has 0 unspecified atom stereocenters. The summed E-state index contributed by atoms with van der Waals surface area (Å²) in [5, 5.41) is 4.84. The lowest BCUT2D eigenvalue weighted by molar-refractivity contribution is 0.299. The summed E-state index contributed by atoms with van der Waals surface area (Å²) < 4.78 is 12.7. The summed E-state index contributed by atoms with van der Waals surface area (Å²) in [6.07, 6.45) is 0. The highest BCUT2D eigenvalue weighted by Crippen LogP contribution is 2.27. The van der Waals surface area contributed by atoms with Crippen molar-refractivity contribution in [1.82, 2.24) is 9.78 Å². The van der Waals surface area contributed by atoms with Gasteiger partial charge in [0.15, 0.2) is 0 Å². The predicted molar refractivity (Wildman–Crippen MR) is 78.2 cm³/mol. The summed E-state index contributed by atoms with van der Waals surface area (Å²) in [5.41, 5.74) is 8.36. The van der Waals surface area contributed by atoms with E-state index in [0.29, 0.717) is 24.1 Å². The summed E-state index contributed by atoms with van der Waals surface area (Å²) in [4.78, 5) is 0. The van der Waals surface area contributed by atoms with Gasteiger partial charge in [-0.2, -0.15) is 5.10 Å². The average Bonchev–Trinajstić information content (AvgIpc) is 2.70. The number of aromatic nitrogens is 2. The monoisotopic (exact) mass is 295 g/mol. The zero-order valence-electron chi connectivity index (χ0n) is 11.8. The lowest BCUT2D eigenvalue weighted by Gasteiger charge is -2.12. The Hall–Kier alpha value is -1.72. The highest BCUT2D eigenvalue weighted by atomic mass is 35.5. The van der Waals surface area contributed by atoms with Gasteiger partial charge in [-0.05, 0) is 13.0 Å². The Morgan fingerprint density at radius 1 is 1.40 bits per heavy atom. The van der Waals surface area contributed by atoms with Gasteiger partial charge in [-0.15, -0.1) is 0 Å². The molecule has 0 radical (unpaired) electrons. The van der Waals surface area contributed by atoms with E-state index >= 15 is 0 Å². The first kappa shape index (κ1) is 14.7. The molecule has 2 aromatic rings. The maximum atomic E-state index is 6.18. The molecular formula is C14H18ClN3O2. The Kier molecular flexibility index (Phi) is 4.52. The van der Waals surface area contributed by atoms with Crippen molar-refractivity contribution in [3.63, 3.8) is 0 Å². The SMILES string of the molecule is COc1ccc(CN)c(OCc2c(C)nn(C)c2Cl)c1. The first-order valence-corrected chi connectivity index (χ1v) is 6.62. The number of ether oxygens (including phenoxy) is 2. The summed E-state index contributed by atoms with van der Waals surface area (Å²) in [7, 11) is 3.42. The highest BCUT2D eigenvalue weighted by molar-refractivity contribution is 6.30. The fraction of sp³-hybridized carbons (Fsp3) is 0.357. The third-order valence-electron chi connectivity index (χ3n) is 3.14. The number of hydrogen-bond acceptors (Lipinski definition) is 4. The smallest absolute Gasteiger partial charge is 0.133 e. The molecule has 108 valence electrons. The predicted octanol–water partition coefficient (Wildman–Crippen LogP) is 2.43. The van der Waals surface area contributed by atoms with E-state index in [0.717, 1.165) is 22.6 Å². The number of nitrogens with zero attached hydrogens (tertiary/aromatic N) is 2. The fourth-order valence-corrected chi connectivity index (χ4v) is 2.18. The van der Waals surface area contributed by atoms with Gasteiger partial charge in [0, 0.05) is 30.8 Å². The van der Waals surface area contributed by atoms with Crippen LogP contribution in [-0.2, 0) is 20.2 Å². The van der Waals surface area contributed by atoms with E-state index in [2.05, 4.69) is 5.10 Å². The van der Waals surface area contributed by atoms with Crippen molar-refractivity contribution in [3.05, 3.63) is 40.2 Å². The number of nitrogens with two attached hydrogens (primary N) is 1.